The molecule has 7 nitrogen and oxygen atoms in total. The Morgan fingerprint density at radius 2 is 2.05 bits per heavy atom. The number of amides is 2. The van der Waals surface area contributed by atoms with Gasteiger partial charge in [0, 0.05) is 37.7 Å². The molecule has 116 valence electrons. The molecule has 7 heteroatoms. The molecule has 0 atom stereocenters. The van der Waals surface area contributed by atoms with Gasteiger partial charge in [0.1, 0.15) is 11.6 Å². The van der Waals surface area contributed by atoms with E-state index in [2.05, 4.69) is 10.6 Å². The lowest BCUT2D eigenvalue weighted by Gasteiger charge is -2.04. The lowest BCUT2D eigenvalue weighted by atomic mass is 10.2. The highest BCUT2D eigenvalue weighted by Gasteiger charge is 2.09. The van der Waals surface area contributed by atoms with Crippen molar-refractivity contribution in [3.05, 3.63) is 41.6 Å². The van der Waals surface area contributed by atoms with Crippen LogP contribution in [0.2, 0.25) is 0 Å². The fourth-order valence-corrected chi connectivity index (χ4v) is 1.52. The fraction of sp³-hybridized carbons (Fsp3) is 0.267. The van der Waals surface area contributed by atoms with Crippen molar-refractivity contribution in [2.75, 3.05) is 26.0 Å². The van der Waals surface area contributed by atoms with Crippen molar-refractivity contribution in [1.82, 2.24) is 10.6 Å². The topological polar surface area (TPSA) is 117 Å². The quantitative estimate of drug-likeness (QED) is 0.294. The van der Waals surface area contributed by atoms with E-state index in [-0.39, 0.29) is 5.57 Å². The van der Waals surface area contributed by atoms with Crippen molar-refractivity contribution >= 4 is 17.5 Å². The van der Waals surface area contributed by atoms with Gasteiger partial charge in [0.15, 0.2) is 0 Å². The first-order valence-corrected chi connectivity index (χ1v) is 6.62. The number of nitrogens with two attached hydrogens (primary N) is 1. The number of anilines is 1. The largest absolute Gasteiger partial charge is 0.399 e. The number of nitrogen functional groups attached to an aromatic ring is 1. The summed E-state index contributed by atoms with van der Waals surface area (Å²) in [6, 6.07) is 8.02. The third-order valence-corrected chi connectivity index (χ3v) is 2.70. The molecule has 0 spiro atoms. The molecule has 0 aliphatic carbocycles. The van der Waals surface area contributed by atoms with Crippen LogP contribution in [-0.2, 0) is 9.53 Å². The number of nitrogens with one attached hydrogen (secondary N) is 2. The Morgan fingerprint density at radius 1 is 1.36 bits per heavy atom. The molecule has 0 saturated carbocycles. The molecule has 1 aromatic rings. The molecule has 1 rings (SSSR count). The summed E-state index contributed by atoms with van der Waals surface area (Å²) in [6.45, 7) is 0.900. The van der Waals surface area contributed by atoms with E-state index in [1.165, 1.54) is 0 Å². The summed E-state index contributed by atoms with van der Waals surface area (Å²) in [4.78, 5) is 23.6. The molecular weight excluding hydrogens is 284 g/mol. The van der Waals surface area contributed by atoms with Crippen LogP contribution < -0.4 is 16.4 Å². The van der Waals surface area contributed by atoms with Gasteiger partial charge < -0.3 is 21.1 Å². The van der Waals surface area contributed by atoms with Crippen molar-refractivity contribution in [1.29, 1.82) is 5.26 Å². The van der Waals surface area contributed by atoms with Gasteiger partial charge in [0.05, 0.1) is 0 Å². The van der Waals surface area contributed by atoms with Crippen LogP contribution in [0.5, 0.6) is 0 Å². The molecule has 1 aromatic carbocycles. The van der Waals surface area contributed by atoms with Gasteiger partial charge in [0.2, 0.25) is 0 Å². The van der Waals surface area contributed by atoms with E-state index in [4.69, 9.17) is 15.7 Å². The summed E-state index contributed by atoms with van der Waals surface area (Å²) < 4.78 is 4.85. The minimum atomic E-state index is -0.545. The van der Waals surface area contributed by atoms with Crippen LogP contribution >= 0.6 is 0 Å². The molecule has 0 aromatic heterocycles. The number of carbonyl (C=O) groups excluding carboxylic acids is 2. The average Bonchev–Trinajstić information content (AvgIpc) is 2.52. The van der Waals surface area contributed by atoms with E-state index in [9.17, 15) is 9.59 Å². The number of carbonyl (C=O) groups is 2. The predicted octanol–water partition coefficient (Wildman–Crippen LogP) is 0.559. The SMILES string of the molecule is COCCCNC(=O)/C(C#N)=C\NC(=O)c1ccc(N)cc1. The minimum absolute atomic E-state index is 0.179. The average molecular weight is 302 g/mol. The zero-order valence-electron chi connectivity index (χ0n) is 12.3. The second kappa shape index (κ2) is 9.15. The van der Waals surface area contributed by atoms with E-state index in [1.54, 1.807) is 37.4 Å². The molecular formula is C15H18N4O3. The molecule has 2 amide bonds. The smallest absolute Gasteiger partial charge is 0.263 e. The van der Waals surface area contributed by atoms with Crippen LogP contribution in [0, 0.1) is 11.3 Å². The van der Waals surface area contributed by atoms with Gasteiger partial charge >= 0.3 is 0 Å². The zero-order valence-corrected chi connectivity index (χ0v) is 12.3. The monoisotopic (exact) mass is 302 g/mol. The van der Waals surface area contributed by atoms with Gasteiger partial charge in [-0.2, -0.15) is 5.26 Å². The minimum Gasteiger partial charge on any atom is -0.399 e. The van der Waals surface area contributed by atoms with Gasteiger partial charge in [-0.3, -0.25) is 9.59 Å². The van der Waals surface area contributed by atoms with Crippen LogP contribution in [-0.4, -0.2) is 32.1 Å². The van der Waals surface area contributed by atoms with Gasteiger partial charge in [0.25, 0.3) is 11.8 Å². The van der Waals surface area contributed by atoms with Gasteiger partial charge in [-0.15, -0.1) is 0 Å². The molecule has 4 N–H and O–H groups in total. The van der Waals surface area contributed by atoms with Gasteiger partial charge in [-0.25, -0.2) is 0 Å². The molecule has 0 bridgehead atoms. The highest BCUT2D eigenvalue weighted by Crippen LogP contribution is 2.05. The number of nitriles is 1. The number of rotatable bonds is 7. The van der Waals surface area contributed by atoms with E-state index in [1.807, 2.05) is 0 Å². The molecule has 0 fully saturated rings. The summed E-state index contributed by atoms with van der Waals surface area (Å²) in [6.07, 6.45) is 1.73. The standard InChI is InChI=1S/C15H18N4O3/c1-22-8-2-7-18-15(21)12(9-16)10-19-14(20)11-3-5-13(17)6-4-11/h3-6,10H,2,7-8,17H2,1H3,(H,18,21)(H,19,20)/b12-10-. The predicted molar refractivity (Wildman–Crippen MR) is 81.5 cm³/mol. The number of methoxy groups -OCH3 is 1. The second-order valence-electron chi connectivity index (χ2n) is 4.37. The molecule has 0 aliphatic rings. The van der Waals surface area contributed by atoms with Crippen molar-refractivity contribution in [3.8, 4) is 6.07 Å². The molecule has 0 saturated heterocycles. The molecule has 0 aliphatic heterocycles. The highest BCUT2D eigenvalue weighted by atomic mass is 16.5. The van der Waals surface area contributed by atoms with Crippen molar-refractivity contribution in [3.63, 3.8) is 0 Å². The third-order valence-electron chi connectivity index (χ3n) is 2.70. The summed E-state index contributed by atoms with van der Waals surface area (Å²) in [5.74, 6) is -0.976. The summed E-state index contributed by atoms with van der Waals surface area (Å²) in [7, 11) is 1.56. The Morgan fingerprint density at radius 3 is 2.64 bits per heavy atom. The van der Waals surface area contributed by atoms with E-state index < -0.39 is 11.8 Å². The number of hydrogen-bond donors (Lipinski definition) is 3. The molecule has 0 radical (unpaired) electrons. The van der Waals surface area contributed by atoms with Crippen molar-refractivity contribution < 1.29 is 14.3 Å². The van der Waals surface area contributed by atoms with Crippen LogP contribution in [0.4, 0.5) is 5.69 Å². The summed E-state index contributed by atoms with van der Waals surface area (Å²) >= 11 is 0. The van der Waals surface area contributed by atoms with Crippen molar-refractivity contribution in [2.45, 2.75) is 6.42 Å². The lowest BCUT2D eigenvalue weighted by Crippen LogP contribution is -2.28. The Kier molecular flexibility index (Phi) is 7.16. The first kappa shape index (κ1) is 17.2. The first-order chi connectivity index (χ1) is 10.6. The van der Waals surface area contributed by atoms with Crippen LogP contribution in [0.3, 0.4) is 0 Å². The Hall–Kier alpha value is -2.85. The summed E-state index contributed by atoms with van der Waals surface area (Å²) in [5.41, 5.74) is 6.27. The lowest BCUT2D eigenvalue weighted by molar-refractivity contribution is -0.117. The number of ether oxygens (including phenoxy) is 1. The maximum absolute atomic E-state index is 11.8. The molecule has 0 heterocycles. The van der Waals surface area contributed by atoms with E-state index in [0.29, 0.717) is 30.8 Å². The van der Waals surface area contributed by atoms with Crippen molar-refractivity contribution in [2.24, 2.45) is 0 Å². The molecule has 0 unspecified atom stereocenters. The van der Waals surface area contributed by atoms with Gasteiger partial charge in [-0.05, 0) is 30.7 Å². The third kappa shape index (κ3) is 5.64. The second-order valence-corrected chi connectivity index (χ2v) is 4.37. The van der Waals surface area contributed by atoms with Gasteiger partial charge in [-0.1, -0.05) is 0 Å². The fourth-order valence-electron chi connectivity index (χ4n) is 1.52. The van der Waals surface area contributed by atoms with Crippen LogP contribution in [0.25, 0.3) is 0 Å². The Labute approximate surface area is 128 Å². The Bertz CT molecular complexity index is 588. The maximum atomic E-state index is 11.8. The first-order valence-electron chi connectivity index (χ1n) is 6.62. The highest BCUT2D eigenvalue weighted by molar-refractivity contribution is 5.99. The molecule has 22 heavy (non-hydrogen) atoms. The van der Waals surface area contributed by atoms with Crippen LogP contribution in [0.15, 0.2) is 36.0 Å². The normalized spacial score (nSPS) is 10.6. The zero-order chi connectivity index (χ0) is 16.4. The maximum Gasteiger partial charge on any atom is 0.263 e. The Balaban J connectivity index is 2.57. The number of benzene rings is 1. The van der Waals surface area contributed by atoms with E-state index in [0.717, 1.165) is 6.20 Å². The number of nitrogens with zero attached hydrogens (tertiary/aromatic N) is 1. The number of hydrogen-bond acceptors (Lipinski definition) is 5. The van der Waals surface area contributed by atoms with E-state index >= 15 is 0 Å². The summed E-state index contributed by atoms with van der Waals surface area (Å²) in [5, 5.41) is 13.9. The van der Waals surface area contributed by atoms with Crippen LogP contribution in [0.1, 0.15) is 16.8 Å².